The van der Waals surface area contributed by atoms with Gasteiger partial charge in [-0.2, -0.15) is 10.2 Å². The fourth-order valence-electron chi connectivity index (χ4n) is 4.00. The van der Waals surface area contributed by atoms with Crippen molar-refractivity contribution in [1.29, 1.82) is 0 Å². The quantitative estimate of drug-likeness (QED) is 0.414. The van der Waals surface area contributed by atoms with Crippen LogP contribution in [0, 0.1) is 0 Å². The third-order valence-electron chi connectivity index (χ3n) is 5.77. The topological polar surface area (TPSA) is 132 Å². The summed E-state index contributed by atoms with van der Waals surface area (Å²) in [5.41, 5.74) is 10.0. The van der Waals surface area contributed by atoms with Crippen molar-refractivity contribution in [2.75, 3.05) is 6.54 Å². The number of nitrogens with two attached hydrogens (primary N) is 1. The molecule has 1 aliphatic carbocycles. The minimum absolute atomic E-state index is 0.195. The molecule has 1 saturated carbocycles. The predicted octanol–water partition coefficient (Wildman–Crippen LogP) is 2.04. The molecule has 1 aliphatic rings. The zero-order chi connectivity index (χ0) is 22.2. The lowest BCUT2D eigenvalue weighted by molar-refractivity contribution is -0.117. The summed E-state index contributed by atoms with van der Waals surface area (Å²) < 4.78 is 1.80. The van der Waals surface area contributed by atoms with Gasteiger partial charge in [0.2, 0.25) is 5.91 Å². The Hall–Kier alpha value is -4.01. The lowest BCUT2D eigenvalue weighted by Gasteiger charge is -2.09. The Bertz CT molecular complexity index is 1320. The molecule has 0 spiro atoms. The average Bonchev–Trinajstić information content (AvgIpc) is 3.39. The highest BCUT2D eigenvalue weighted by molar-refractivity contribution is 5.96. The van der Waals surface area contributed by atoms with E-state index in [1.54, 1.807) is 28.9 Å². The molecule has 1 fully saturated rings. The van der Waals surface area contributed by atoms with Gasteiger partial charge in [0.05, 0.1) is 18.3 Å². The van der Waals surface area contributed by atoms with Crippen molar-refractivity contribution in [2.45, 2.75) is 25.2 Å². The van der Waals surface area contributed by atoms with Gasteiger partial charge in [0, 0.05) is 30.0 Å². The van der Waals surface area contributed by atoms with Crippen LogP contribution in [0.4, 0.5) is 0 Å². The SMILES string of the molecule is Cn1nc(-c2ccc(C(=O)NCC(N)=O)cc2)nc1Cc1ccc2[nH]ncc2c1C1CC1. The third-order valence-corrected chi connectivity index (χ3v) is 5.77. The molecule has 0 unspecified atom stereocenters. The molecule has 0 radical (unpaired) electrons. The largest absolute Gasteiger partial charge is 0.368 e. The Morgan fingerprint density at radius 3 is 2.69 bits per heavy atom. The van der Waals surface area contributed by atoms with Crippen LogP contribution in [0.1, 0.15) is 46.1 Å². The summed E-state index contributed by atoms with van der Waals surface area (Å²) >= 11 is 0. The van der Waals surface area contributed by atoms with E-state index >= 15 is 0 Å². The predicted molar refractivity (Wildman–Crippen MR) is 119 cm³/mol. The molecule has 32 heavy (non-hydrogen) atoms. The van der Waals surface area contributed by atoms with Crippen molar-refractivity contribution in [3.63, 3.8) is 0 Å². The van der Waals surface area contributed by atoms with E-state index in [1.807, 2.05) is 13.2 Å². The van der Waals surface area contributed by atoms with Crippen LogP contribution >= 0.6 is 0 Å². The van der Waals surface area contributed by atoms with E-state index in [-0.39, 0.29) is 12.5 Å². The number of primary amides is 1. The first-order valence-corrected chi connectivity index (χ1v) is 10.5. The highest BCUT2D eigenvalue weighted by Gasteiger charge is 2.29. The summed E-state index contributed by atoms with van der Waals surface area (Å²) in [6.07, 6.45) is 5.02. The number of H-pyrrole nitrogens is 1. The number of rotatable bonds is 7. The van der Waals surface area contributed by atoms with Crippen molar-refractivity contribution in [2.24, 2.45) is 12.8 Å². The monoisotopic (exact) mass is 429 g/mol. The standard InChI is InChI=1S/C23H23N7O2/c1-30-20(10-16-8-9-18-17(11-26-28-18)21(16)13-2-3-13)27-22(29-30)14-4-6-15(7-5-14)23(32)25-12-19(24)31/h4-9,11,13H,2-3,10,12H2,1H3,(H2,24,31)(H,25,32)(H,26,28). The van der Waals surface area contributed by atoms with Crippen molar-refractivity contribution in [3.05, 3.63) is 65.1 Å². The van der Waals surface area contributed by atoms with E-state index in [9.17, 15) is 9.59 Å². The summed E-state index contributed by atoms with van der Waals surface area (Å²) in [5, 5.41) is 15.5. The zero-order valence-electron chi connectivity index (χ0n) is 17.6. The second-order valence-electron chi connectivity index (χ2n) is 8.12. The fraction of sp³-hybridized carbons (Fsp3) is 0.261. The maximum absolute atomic E-state index is 12.1. The van der Waals surface area contributed by atoms with Crippen LogP contribution in [0.15, 0.2) is 42.6 Å². The molecule has 0 bridgehead atoms. The molecule has 4 N–H and O–H groups in total. The normalized spacial score (nSPS) is 13.4. The Balaban J connectivity index is 1.38. The minimum atomic E-state index is -0.586. The molecular formula is C23H23N7O2. The molecule has 4 aromatic rings. The van der Waals surface area contributed by atoms with Crippen LogP contribution in [-0.2, 0) is 18.3 Å². The van der Waals surface area contributed by atoms with E-state index in [2.05, 4.69) is 32.7 Å². The maximum Gasteiger partial charge on any atom is 0.251 e. The van der Waals surface area contributed by atoms with Crippen LogP contribution in [0.25, 0.3) is 22.3 Å². The first kappa shape index (κ1) is 19.9. The van der Waals surface area contributed by atoms with Crippen LogP contribution < -0.4 is 11.1 Å². The summed E-state index contributed by atoms with van der Waals surface area (Å²) in [5.74, 6) is 1.12. The average molecular weight is 429 g/mol. The summed E-state index contributed by atoms with van der Waals surface area (Å²) in [6, 6.07) is 11.2. The van der Waals surface area contributed by atoms with Crippen LogP contribution in [0.3, 0.4) is 0 Å². The van der Waals surface area contributed by atoms with Crippen molar-refractivity contribution in [1.82, 2.24) is 30.3 Å². The van der Waals surface area contributed by atoms with E-state index in [1.165, 1.54) is 29.4 Å². The number of aryl methyl sites for hydroxylation is 1. The zero-order valence-corrected chi connectivity index (χ0v) is 17.6. The minimum Gasteiger partial charge on any atom is -0.368 e. The molecule has 0 aliphatic heterocycles. The lowest BCUT2D eigenvalue weighted by atomic mass is 9.97. The number of hydrogen-bond donors (Lipinski definition) is 3. The van der Waals surface area contributed by atoms with Gasteiger partial charge in [-0.25, -0.2) is 4.98 Å². The molecule has 2 aromatic heterocycles. The van der Waals surface area contributed by atoms with Crippen LogP contribution in [-0.4, -0.2) is 43.3 Å². The number of carbonyl (C=O) groups excluding carboxylic acids is 2. The highest BCUT2D eigenvalue weighted by atomic mass is 16.2. The molecule has 0 atom stereocenters. The number of benzene rings is 2. The van der Waals surface area contributed by atoms with Gasteiger partial charge < -0.3 is 11.1 Å². The lowest BCUT2D eigenvalue weighted by Crippen LogP contribution is -2.33. The Morgan fingerprint density at radius 1 is 1.19 bits per heavy atom. The Labute approximate surface area is 184 Å². The number of hydrogen-bond acceptors (Lipinski definition) is 5. The highest BCUT2D eigenvalue weighted by Crippen LogP contribution is 2.45. The Kier molecular flexibility index (Phi) is 4.93. The molecule has 9 nitrogen and oxygen atoms in total. The van der Waals surface area contributed by atoms with Gasteiger partial charge in [0.15, 0.2) is 5.82 Å². The van der Waals surface area contributed by atoms with Crippen molar-refractivity contribution >= 4 is 22.7 Å². The van der Waals surface area contributed by atoms with Crippen LogP contribution in [0.2, 0.25) is 0 Å². The number of aromatic nitrogens is 5. The van der Waals surface area contributed by atoms with Gasteiger partial charge in [0.1, 0.15) is 5.82 Å². The van der Waals surface area contributed by atoms with E-state index in [4.69, 9.17) is 10.7 Å². The van der Waals surface area contributed by atoms with Crippen LogP contribution in [0.5, 0.6) is 0 Å². The molecule has 2 aromatic carbocycles. The number of fused-ring (bicyclic) bond motifs is 1. The molecule has 9 heteroatoms. The van der Waals surface area contributed by atoms with Gasteiger partial charge in [0.25, 0.3) is 5.91 Å². The summed E-state index contributed by atoms with van der Waals surface area (Å²) in [7, 11) is 1.89. The van der Waals surface area contributed by atoms with E-state index in [0.717, 1.165) is 16.9 Å². The number of carbonyl (C=O) groups is 2. The number of nitrogens with zero attached hydrogens (tertiary/aromatic N) is 4. The molecule has 5 rings (SSSR count). The molecule has 0 saturated heterocycles. The summed E-state index contributed by atoms with van der Waals surface area (Å²) in [4.78, 5) is 27.7. The summed E-state index contributed by atoms with van der Waals surface area (Å²) in [6.45, 7) is -0.195. The number of amides is 2. The second kappa shape index (κ2) is 7.92. The van der Waals surface area contributed by atoms with Gasteiger partial charge >= 0.3 is 0 Å². The smallest absolute Gasteiger partial charge is 0.251 e. The molecule has 162 valence electrons. The van der Waals surface area contributed by atoms with E-state index < -0.39 is 5.91 Å². The van der Waals surface area contributed by atoms with Gasteiger partial charge in [-0.1, -0.05) is 18.2 Å². The third kappa shape index (κ3) is 3.84. The second-order valence-corrected chi connectivity index (χ2v) is 8.12. The van der Waals surface area contributed by atoms with E-state index in [0.29, 0.717) is 23.7 Å². The Morgan fingerprint density at radius 2 is 1.97 bits per heavy atom. The fourth-order valence-corrected chi connectivity index (χ4v) is 4.00. The first-order chi connectivity index (χ1) is 15.5. The van der Waals surface area contributed by atoms with Crippen molar-refractivity contribution in [3.8, 4) is 11.4 Å². The van der Waals surface area contributed by atoms with Crippen molar-refractivity contribution < 1.29 is 9.59 Å². The maximum atomic E-state index is 12.1. The van der Waals surface area contributed by atoms with Gasteiger partial charge in [-0.05, 0) is 48.1 Å². The number of nitrogens with one attached hydrogen (secondary N) is 2. The molecular weight excluding hydrogens is 406 g/mol. The molecule has 2 amide bonds. The van der Waals surface area contributed by atoms with Gasteiger partial charge in [-0.15, -0.1) is 0 Å². The molecule has 2 heterocycles. The first-order valence-electron chi connectivity index (χ1n) is 10.5. The number of aromatic amines is 1. The van der Waals surface area contributed by atoms with Gasteiger partial charge in [-0.3, -0.25) is 19.4 Å².